The molecule has 4 aromatic rings. The number of nitrogens with zero attached hydrogens (tertiary/aromatic N) is 3. The van der Waals surface area contributed by atoms with Crippen molar-refractivity contribution in [1.29, 1.82) is 0 Å². The lowest BCUT2D eigenvalue weighted by atomic mass is 9.95. The molecule has 0 saturated heterocycles. The van der Waals surface area contributed by atoms with Crippen molar-refractivity contribution in [3.8, 4) is 11.5 Å². The number of thiazole rings is 1. The standard InChI is InChI=1S/C32H24BrN3O6S/c1-3-40-31(39)25-17(2)34-32-36(27(25)19-9-12-23-24(13-19)42-16-41-23)30(38)28(43-32)26-21-14-20(33)10-11-22(21)35(29(26)37)15-18-7-5-4-6-8-18/h4-14,27H,3,15-16H2,1-2H3/b28-26-/t27-/m0/s1. The molecule has 0 saturated carbocycles. The number of halogens is 1. The van der Waals surface area contributed by atoms with E-state index in [4.69, 9.17) is 14.2 Å². The van der Waals surface area contributed by atoms with Gasteiger partial charge in [-0.15, -0.1) is 0 Å². The van der Waals surface area contributed by atoms with E-state index in [0.29, 0.717) is 50.9 Å². The fourth-order valence-electron chi connectivity index (χ4n) is 5.69. The monoisotopic (exact) mass is 657 g/mol. The summed E-state index contributed by atoms with van der Waals surface area (Å²) in [5, 5.41) is 0. The first-order valence-corrected chi connectivity index (χ1v) is 15.2. The molecule has 0 bridgehead atoms. The van der Waals surface area contributed by atoms with E-state index in [1.807, 2.05) is 48.5 Å². The summed E-state index contributed by atoms with van der Waals surface area (Å²) in [5.74, 6) is 0.253. The van der Waals surface area contributed by atoms with Crippen LogP contribution in [0.1, 0.15) is 36.6 Å². The molecular formula is C32H24BrN3O6S. The molecule has 3 aliphatic rings. The van der Waals surface area contributed by atoms with Crippen LogP contribution in [-0.2, 0) is 20.9 Å². The molecule has 1 aromatic heterocycles. The zero-order valence-electron chi connectivity index (χ0n) is 23.1. The number of benzene rings is 3. The van der Waals surface area contributed by atoms with Crippen molar-refractivity contribution in [3.05, 3.63) is 119 Å². The molecule has 3 aromatic carbocycles. The van der Waals surface area contributed by atoms with Crippen LogP contribution < -0.4 is 29.3 Å². The molecule has 4 heterocycles. The highest BCUT2D eigenvalue weighted by molar-refractivity contribution is 9.10. The number of fused-ring (bicyclic) bond motifs is 3. The van der Waals surface area contributed by atoms with Crippen molar-refractivity contribution in [1.82, 2.24) is 4.57 Å². The van der Waals surface area contributed by atoms with Gasteiger partial charge in [0.15, 0.2) is 16.3 Å². The van der Waals surface area contributed by atoms with Gasteiger partial charge >= 0.3 is 5.97 Å². The second-order valence-corrected chi connectivity index (χ2v) is 12.0. The number of aromatic nitrogens is 1. The fraction of sp³-hybridized carbons (Fsp3) is 0.188. The highest BCUT2D eigenvalue weighted by Crippen LogP contribution is 2.40. The van der Waals surface area contributed by atoms with Gasteiger partial charge in [-0.3, -0.25) is 14.2 Å². The van der Waals surface area contributed by atoms with Crippen molar-refractivity contribution in [2.75, 3.05) is 18.3 Å². The van der Waals surface area contributed by atoms with E-state index in [1.54, 1.807) is 36.9 Å². The third kappa shape index (κ3) is 4.50. The van der Waals surface area contributed by atoms with E-state index in [0.717, 1.165) is 21.4 Å². The first kappa shape index (κ1) is 27.4. The zero-order valence-corrected chi connectivity index (χ0v) is 25.5. The normalized spacial score (nSPS) is 18.0. The van der Waals surface area contributed by atoms with Gasteiger partial charge in [0.1, 0.15) is 4.53 Å². The lowest BCUT2D eigenvalue weighted by Gasteiger charge is -2.24. The number of allylic oxidation sites excluding steroid dienone is 1. The van der Waals surface area contributed by atoms with Crippen molar-refractivity contribution in [2.24, 2.45) is 4.99 Å². The Bertz CT molecular complexity index is 2050. The molecule has 0 aliphatic carbocycles. The highest BCUT2D eigenvalue weighted by atomic mass is 79.9. The van der Waals surface area contributed by atoms with Crippen LogP contribution in [0.2, 0.25) is 0 Å². The Morgan fingerprint density at radius 3 is 2.65 bits per heavy atom. The maximum atomic E-state index is 14.4. The number of esters is 1. The predicted molar refractivity (Wildman–Crippen MR) is 164 cm³/mol. The summed E-state index contributed by atoms with van der Waals surface area (Å²) in [5.41, 5.74) is 3.53. The smallest absolute Gasteiger partial charge is 0.338 e. The molecule has 0 unspecified atom stereocenters. The van der Waals surface area contributed by atoms with Crippen LogP contribution in [0, 0.1) is 0 Å². The summed E-state index contributed by atoms with van der Waals surface area (Å²) in [6.45, 7) is 4.04. The van der Waals surface area contributed by atoms with Crippen LogP contribution in [0.25, 0.3) is 5.57 Å². The fourth-order valence-corrected chi connectivity index (χ4v) is 7.18. The zero-order chi connectivity index (χ0) is 29.8. The molecule has 216 valence electrons. The lowest BCUT2D eigenvalue weighted by molar-refractivity contribution is -0.139. The summed E-state index contributed by atoms with van der Waals surface area (Å²) in [7, 11) is 0. The summed E-state index contributed by atoms with van der Waals surface area (Å²) in [4.78, 5) is 48.6. The maximum Gasteiger partial charge on any atom is 0.338 e. The van der Waals surface area contributed by atoms with Crippen LogP contribution in [-0.4, -0.2) is 29.8 Å². The molecule has 11 heteroatoms. The van der Waals surface area contributed by atoms with Gasteiger partial charge in [-0.25, -0.2) is 9.79 Å². The number of carbonyl (C=O) groups is 2. The topological polar surface area (TPSA) is 99.4 Å². The van der Waals surface area contributed by atoms with E-state index < -0.39 is 17.6 Å². The van der Waals surface area contributed by atoms with Gasteiger partial charge in [-0.1, -0.05) is 63.7 Å². The highest BCUT2D eigenvalue weighted by Gasteiger charge is 2.38. The molecule has 0 radical (unpaired) electrons. The largest absolute Gasteiger partial charge is 0.463 e. The quantitative estimate of drug-likeness (QED) is 0.298. The minimum absolute atomic E-state index is 0.0844. The van der Waals surface area contributed by atoms with Crippen molar-refractivity contribution in [2.45, 2.75) is 26.4 Å². The summed E-state index contributed by atoms with van der Waals surface area (Å²) in [6.07, 6.45) is 0. The van der Waals surface area contributed by atoms with Gasteiger partial charge in [0.2, 0.25) is 6.79 Å². The molecule has 43 heavy (non-hydrogen) atoms. The molecule has 0 N–H and O–H groups in total. The number of carbonyl (C=O) groups excluding carboxylic acids is 2. The van der Waals surface area contributed by atoms with Gasteiger partial charge in [0.25, 0.3) is 11.5 Å². The number of hydrogen-bond donors (Lipinski definition) is 0. The Morgan fingerprint density at radius 2 is 1.86 bits per heavy atom. The lowest BCUT2D eigenvalue weighted by Crippen LogP contribution is -2.41. The third-order valence-electron chi connectivity index (χ3n) is 7.59. The van der Waals surface area contributed by atoms with E-state index in [1.165, 1.54) is 4.57 Å². The average Bonchev–Trinajstić information content (AvgIpc) is 3.66. The Morgan fingerprint density at radius 1 is 1.07 bits per heavy atom. The minimum Gasteiger partial charge on any atom is -0.463 e. The van der Waals surface area contributed by atoms with E-state index in [2.05, 4.69) is 20.9 Å². The van der Waals surface area contributed by atoms with Crippen LogP contribution in [0.5, 0.6) is 11.5 Å². The molecule has 3 aliphatic heterocycles. The van der Waals surface area contributed by atoms with E-state index in [9.17, 15) is 14.4 Å². The van der Waals surface area contributed by atoms with Gasteiger partial charge < -0.3 is 19.1 Å². The number of hydrogen-bond acceptors (Lipinski definition) is 8. The number of ether oxygens (including phenoxy) is 3. The molecule has 9 nitrogen and oxygen atoms in total. The summed E-state index contributed by atoms with van der Waals surface area (Å²) >= 11 is 4.67. The van der Waals surface area contributed by atoms with Gasteiger partial charge in [-0.2, -0.15) is 0 Å². The molecular weight excluding hydrogens is 634 g/mol. The van der Waals surface area contributed by atoms with Crippen molar-refractivity contribution in [3.63, 3.8) is 0 Å². The number of rotatable bonds is 5. The summed E-state index contributed by atoms with van der Waals surface area (Å²) in [6, 6.07) is 19.8. The Hall–Kier alpha value is -4.48. The third-order valence-corrected chi connectivity index (χ3v) is 9.14. The minimum atomic E-state index is -0.849. The maximum absolute atomic E-state index is 14.4. The first-order valence-electron chi connectivity index (χ1n) is 13.6. The SMILES string of the molecule is CCOC(=O)C1=C(C)N=c2s/c(=C3\C(=O)N(Cc4ccccc4)c4ccc(Br)cc43)c(=O)n2[C@H]1c1ccc2c(c1)OCO2. The van der Waals surface area contributed by atoms with Crippen molar-refractivity contribution >= 4 is 50.4 Å². The molecule has 1 amide bonds. The Balaban J connectivity index is 1.46. The second kappa shape index (κ2) is 10.7. The van der Waals surface area contributed by atoms with Crippen LogP contribution in [0.15, 0.2) is 92.3 Å². The van der Waals surface area contributed by atoms with E-state index in [-0.39, 0.29) is 29.4 Å². The van der Waals surface area contributed by atoms with Crippen LogP contribution in [0.4, 0.5) is 5.69 Å². The van der Waals surface area contributed by atoms with Gasteiger partial charge in [-0.05, 0) is 55.3 Å². The number of anilines is 1. The predicted octanol–water partition coefficient (Wildman–Crippen LogP) is 4.21. The summed E-state index contributed by atoms with van der Waals surface area (Å²) < 4.78 is 19.0. The second-order valence-electron chi connectivity index (χ2n) is 10.1. The Kier molecular flexibility index (Phi) is 6.78. The van der Waals surface area contributed by atoms with Gasteiger partial charge in [0.05, 0.1) is 41.7 Å². The molecule has 0 fully saturated rings. The first-order chi connectivity index (χ1) is 20.9. The van der Waals surface area contributed by atoms with Crippen LogP contribution >= 0.6 is 27.3 Å². The number of amides is 1. The molecule has 7 rings (SSSR count). The average molecular weight is 659 g/mol. The molecule has 1 atom stereocenters. The van der Waals surface area contributed by atoms with Crippen LogP contribution in [0.3, 0.4) is 0 Å². The Labute approximate surface area is 258 Å². The molecule has 0 spiro atoms. The van der Waals surface area contributed by atoms with E-state index >= 15 is 0 Å². The van der Waals surface area contributed by atoms with Gasteiger partial charge in [0, 0.05) is 10.0 Å². The van der Waals surface area contributed by atoms with Crippen molar-refractivity contribution < 1.29 is 23.8 Å².